The Morgan fingerprint density at radius 1 is 1.00 bits per heavy atom. The summed E-state index contributed by atoms with van der Waals surface area (Å²) in [6.07, 6.45) is 1.89. The Balaban J connectivity index is 2.47. The molecule has 0 saturated heterocycles. The number of hydrogen-bond donors (Lipinski definition) is 1. The minimum atomic E-state index is 0.0826. The maximum absolute atomic E-state index is 6.18. The van der Waals surface area contributed by atoms with Gasteiger partial charge in [0.2, 0.25) is 0 Å². The standard InChI is InChI=1S/C17H18N2/c1-17(2,3)12-8-14-13-7-5-4-6-11(13)10-19-16(14)15(18)9-12/h4-10H,18H2,1-3H3. The van der Waals surface area contributed by atoms with E-state index >= 15 is 0 Å². The van der Waals surface area contributed by atoms with Gasteiger partial charge in [-0.3, -0.25) is 4.98 Å². The predicted molar refractivity (Wildman–Crippen MR) is 82.4 cm³/mol. The lowest BCUT2D eigenvalue weighted by molar-refractivity contribution is 0.591. The van der Waals surface area contributed by atoms with Crippen molar-refractivity contribution in [2.24, 2.45) is 0 Å². The average Bonchev–Trinajstić information content (AvgIpc) is 2.37. The van der Waals surface area contributed by atoms with Crippen LogP contribution in [0, 0.1) is 0 Å². The minimum Gasteiger partial charge on any atom is -0.397 e. The summed E-state index contributed by atoms with van der Waals surface area (Å²) < 4.78 is 0. The van der Waals surface area contributed by atoms with Crippen molar-refractivity contribution in [1.29, 1.82) is 0 Å². The van der Waals surface area contributed by atoms with E-state index in [4.69, 9.17) is 5.73 Å². The fraction of sp³-hybridized carbons (Fsp3) is 0.235. The van der Waals surface area contributed by atoms with Crippen LogP contribution in [0.3, 0.4) is 0 Å². The zero-order chi connectivity index (χ0) is 13.6. The summed E-state index contributed by atoms with van der Waals surface area (Å²) in [6, 6.07) is 12.6. The Morgan fingerprint density at radius 2 is 1.74 bits per heavy atom. The van der Waals surface area contributed by atoms with Crippen LogP contribution in [0.5, 0.6) is 0 Å². The van der Waals surface area contributed by atoms with E-state index in [2.05, 4.69) is 50.0 Å². The molecule has 0 amide bonds. The third-order valence-corrected chi connectivity index (χ3v) is 3.59. The van der Waals surface area contributed by atoms with Crippen molar-refractivity contribution in [2.75, 3.05) is 5.73 Å². The zero-order valence-corrected chi connectivity index (χ0v) is 11.6. The largest absolute Gasteiger partial charge is 0.397 e. The molecule has 2 N–H and O–H groups in total. The molecule has 0 saturated carbocycles. The molecule has 3 rings (SSSR count). The predicted octanol–water partition coefficient (Wildman–Crippen LogP) is 4.27. The maximum Gasteiger partial charge on any atom is 0.0937 e. The third kappa shape index (κ3) is 1.93. The van der Waals surface area contributed by atoms with Crippen LogP contribution < -0.4 is 5.73 Å². The Labute approximate surface area is 113 Å². The van der Waals surface area contributed by atoms with Crippen LogP contribution in [0.2, 0.25) is 0 Å². The smallest absolute Gasteiger partial charge is 0.0937 e. The summed E-state index contributed by atoms with van der Waals surface area (Å²) in [5.74, 6) is 0. The van der Waals surface area contributed by atoms with Crippen molar-refractivity contribution >= 4 is 27.4 Å². The molecule has 2 aromatic carbocycles. The Hall–Kier alpha value is -2.09. The highest BCUT2D eigenvalue weighted by molar-refractivity contribution is 6.09. The third-order valence-electron chi connectivity index (χ3n) is 3.59. The molecular formula is C17H18N2. The lowest BCUT2D eigenvalue weighted by Gasteiger charge is -2.20. The lowest BCUT2D eigenvalue weighted by Crippen LogP contribution is -2.11. The van der Waals surface area contributed by atoms with Crippen LogP contribution in [0.1, 0.15) is 26.3 Å². The van der Waals surface area contributed by atoms with E-state index < -0.39 is 0 Å². The molecule has 0 bridgehead atoms. The molecule has 1 heterocycles. The van der Waals surface area contributed by atoms with Crippen molar-refractivity contribution in [3.63, 3.8) is 0 Å². The number of nitrogens with two attached hydrogens (primary N) is 1. The van der Waals surface area contributed by atoms with E-state index in [1.165, 1.54) is 10.9 Å². The molecule has 2 heteroatoms. The van der Waals surface area contributed by atoms with Gasteiger partial charge < -0.3 is 5.73 Å². The number of nitrogens with zero attached hydrogens (tertiary/aromatic N) is 1. The zero-order valence-electron chi connectivity index (χ0n) is 11.6. The van der Waals surface area contributed by atoms with Crippen LogP contribution in [0.15, 0.2) is 42.6 Å². The molecule has 0 radical (unpaired) electrons. The van der Waals surface area contributed by atoms with Crippen LogP contribution in [0.25, 0.3) is 21.7 Å². The van der Waals surface area contributed by atoms with Crippen LogP contribution in [-0.2, 0) is 5.41 Å². The first-order valence-corrected chi connectivity index (χ1v) is 6.54. The van der Waals surface area contributed by atoms with E-state index in [9.17, 15) is 0 Å². The number of pyridine rings is 1. The highest BCUT2D eigenvalue weighted by atomic mass is 14.7. The first-order valence-electron chi connectivity index (χ1n) is 6.54. The van der Waals surface area contributed by atoms with Gasteiger partial charge in [-0.25, -0.2) is 0 Å². The van der Waals surface area contributed by atoms with E-state index in [1.807, 2.05) is 18.3 Å². The van der Waals surface area contributed by atoms with E-state index in [-0.39, 0.29) is 5.41 Å². The SMILES string of the molecule is CC(C)(C)c1cc(N)c2ncc3ccccc3c2c1. The summed E-state index contributed by atoms with van der Waals surface area (Å²) in [5, 5.41) is 3.51. The van der Waals surface area contributed by atoms with Gasteiger partial charge in [-0.2, -0.15) is 0 Å². The maximum atomic E-state index is 6.18. The highest BCUT2D eigenvalue weighted by Crippen LogP contribution is 2.32. The summed E-state index contributed by atoms with van der Waals surface area (Å²) in [7, 11) is 0. The first-order chi connectivity index (χ1) is 8.97. The van der Waals surface area contributed by atoms with Gasteiger partial charge in [-0.05, 0) is 28.5 Å². The second-order valence-corrected chi connectivity index (χ2v) is 6.06. The average molecular weight is 250 g/mol. The second kappa shape index (κ2) is 3.95. The number of benzene rings is 2. The number of aromatic nitrogens is 1. The van der Waals surface area contributed by atoms with Crippen LogP contribution >= 0.6 is 0 Å². The van der Waals surface area contributed by atoms with Gasteiger partial charge in [-0.15, -0.1) is 0 Å². The monoisotopic (exact) mass is 250 g/mol. The van der Waals surface area contributed by atoms with Gasteiger partial charge in [0.15, 0.2) is 0 Å². The fourth-order valence-corrected chi connectivity index (χ4v) is 2.43. The summed E-state index contributed by atoms with van der Waals surface area (Å²) in [6.45, 7) is 6.60. The molecule has 0 aliphatic rings. The van der Waals surface area contributed by atoms with Crippen molar-refractivity contribution in [2.45, 2.75) is 26.2 Å². The molecule has 96 valence electrons. The molecule has 1 aromatic heterocycles. The minimum absolute atomic E-state index is 0.0826. The molecule has 0 unspecified atom stereocenters. The van der Waals surface area contributed by atoms with Crippen molar-refractivity contribution in [3.8, 4) is 0 Å². The van der Waals surface area contributed by atoms with Gasteiger partial charge in [-0.1, -0.05) is 45.0 Å². The van der Waals surface area contributed by atoms with Gasteiger partial charge in [0.1, 0.15) is 0 Å². The number of fused-ring (bicyclic) bond motifs is 3. The normalized spacial score (nSPS) is 12.2. The van der Waals surface area contributed by atoms with E-state index in [0.717, 1.165) is 22.0 Å². The van der Waals surface area contributed by atoms with Gasteiger partial charge in [0.05, 0.1) is 11.2 Å². The topological polar surface area (TPSA) is 38.9 Å². The highest BCUT2D eigenvalue weighted by Gasteiger charge is 2.16. The van der Waals surface area contributed by atoms with Crippen molar-refractivity contribution < 1.29 is 0 Å². The van der Waals surface area contributed by atoms with E-state index in [1.54, 1.807) is 0 Å². The summed E-state index contributed by atoms with van der Waals surface area (Å²) >= 11 is 0. The molecule has 19 heavy (non-hydrogen) atoms. The second-order valence-electron chi connectivity index (χ2n) is 6.06. The Kier molecular flexibility index (Phi) is 2.49. The van der Waals surface area contributed by atoms with Crippen LogP contribution in [-0.4, -0.2) is 4.98 Å². The quantitative estimate of drug-likeness (QED) is 0.478. The first kappa shape index (κ1) is 12.0. The van der Waals surface area contributed by atoms with Crippen molar-refractivity contribution in [1.82, 2.24) is 4.98 Å². The molecule has 0 atom stereocenters. The Morgan fingerprint density at radius 3 is 2.47 bits per heavy atom. The van der Waals surface area contributed by atoms with Gasteiger partial charge >= 0.3 is 0 Å². The summed E-state index contributed by atoms with van der Waals surface area (Å²) in [5.41, 5.74) is 9.16. The molecule has 3 aromatic rings. The number of rotatable bonds is 0. The van der Waals surface area contributed by atoms with Crippen molar-refractivity contribution in [3.05, 3.63) is 48.2 Å². The van der Waals surface area contributed by atoms with Gasteiger partial charge in [0, 0.05) is 17.0 Å². The van der Waals surface area contributed by atoms with Crippen LogP contribution in [0.4, 0.5) is 5.69 Å². The number of anilines is 1. The lowest BCUT2D eigenvalue weighted by atomic mass is 9.85. The molecule has 0 spiro atoms. The molecule has 0 aliphatic carbocycles. The number of nitrogen functional groups attached to an aromatic ring is 1. The molecule has 0 fully saturated rings. The molecule has 0 aliphatic heterocycles. The Bertz CT molecular complexity index is 767. The van der Waals surface area contributed by atoms with E-state index in [0.29, 0.717) is 0 Å². The van der Waals surface area contributed by atoms with Gasteiger partial charge in [0.25, 0.3) is 0 Å². The number of hydrogen-bond acceptors (Lipinski definition) is 2. The molecule has 2 nitrogen and oxygen atoms in total. The fourth-order valence-electron chi connectivity index (χ4n) is 2.43. The molecular weight excluding hydrogens is 232 g/mol. The summed E-state index contributed by atoms with van der Waals surface area (Å²) in [4.78, 5) is 4.51.